The molecule has 3 aromatic heterocycles. The van der Waals surface area contributed by atoms with Gasteiger partial charge in [-0.1, -0.05) is 6.07 Å². The lowest BCUT2D eigenvalue weighted by Gasteiger charge is -2.37. The minimum absolute atomic E-state index is 0.257. The highest BCUT2D eigenvalue weighted by atomic mass is 16.6. The quantitative estimate of drug-likeness (QED) is 0.710. The standard InChI is InChI=1S/C20H24N6O2/c1-20(2,3)28-19(27)26-9-8-21-11-15(26)17-16-13(14-6-4-5-7-22-14)10-23-18(16)25-12-24-17/h4-7,10,12,15,21H,8-9,11H2,1-3H3,(H,23,24,25). The number of fused-ring (bicyclic) bond motifs is 1. The van der Waals surface area contributed by atoms with Gasteiger partial charge in [0.25, 0.3) is 0 Å². The molecule has 4 rings (SSSR count). The first-order chi connectivity index (χ1) is 13.4. The molecule has 0 aliphatic carbocycles. The fourth-order valence-electron chi connectivity index (χ4n) is 3.45. The predicted molar refractivity (Wildman–Crippen MR) is 106 cm³/mol. The fourth-order valence-corrected chi connectivity index (χ4v) is 3.45. The summed E-state index contributed by atoms with van der Waals surface area (Å²) in [5, 5.41) is 4.24. The molecule has 4 heterocycles. The van der Waals surface area contributed by atoms with E-state index in [1.807, 2.05) is 45.2 Å². The van der Waals surface area contributed by atoms with E-state index in [0.717, 1.165) is 28.0 Å². The third-order valence-corrected chi connectivity index (χ3v) is 4.63. The summed E-state index contributed by atoms with van der Waals surface area (Å²) in [6.07, 6.45) is 4.84. The lowest BCUT2D eigenvalue weighted by molar-refractivity contribution is 0.0115. The summed E-state index contributed by atoms with van der Waals surface area (Å²) >= 11 is 0. The van der Waals surface area contributed by atoms with Gasteiger partial charge in [0, 0.05) is 37.6 Å². The van der Waals surface area contributed by atoms with Crippen LogP contribution in [0, 0.1) is 0 Å². The number of ether oxygens (including phenoxy) is 1. The zero-order valence-corrected chi connectivity index (χ0v) is 16.3. The van der Waals surface area contributed by atoms with Crippen molar-refractivity contribution in [1.29, 1.82) is 0 Å². The van der Waals surface area contributed by atoms with E-state index in [9.17, 15) is 4.79 Å². The number of nitrogens with one attached hydrogen (secondary N) is 2. The Kier molecular flexibility index (Phi) is 4.72. The second kappa shape index (κ2) is 7.20. The molecule has 8 nitrogen and oxygen atoms in total. The molecular weight excluding hydrogens is 356 g/mol. The number of hydrogen-bond acceptors (Lipinski definition) is 6. The summed E-state index contributed by atoms with van der Waals surface area (Å²) in [5.74, 6) is 0. The van der Waals surface area contributed by atoms with Crippen LogP contribution in [0.5, 0.6) is 0 Å². The highest BCUT2D eigenvalue weighted by molar-refractivity contribution is 5.94. The van der Waals surface area contributed by atoms with Crippen LogP contribution in [0.25, 0.3) is 22.3 Å². The van der Waals surface area contributed by atoms with Gasteiger partial charge in [0.05, 0.1) is 22.8 Å². The molecule has 1 amide bonds. The summed E-state index contributed by atoms with van der Waals surface area (Å²) in [6.45, 7) is 7.47. The Morgan fingerprint density at radius 3 is 2.86 bits per heavy atom. The number of carbonyl (C=O) groups excluding carboxylic acids is 1. The third-order valence-electron chi connectivity index (χ3n) is 4.63. The van der Waals surface area contributed by atoms with Crippen molar-refractivity contribution in [1.82, 2.24) is 30.2 Å². The van der Waals surface area contributed by atoms with Gasteiger partial charge in [0.2, 0.25) is 0 Å². The maximum Gasteiger partial charge on any atom is 0.410 e. The molecule has 2 N–H and O–H groups in total. The molecule has 0 radical (unpaired) electrons. The summed E-state index contributed by atoms with van der Waals surface area (Å²) < 4.78 is 5.63. The number of carbonyl (C=O) groups is 1. The SMILES string of the molecule is CC(C)(C)OC(=O)N1CCNCC1c1ncnc2[nH]cc(-c3ccccn3)c12. The number of pyridine rings is 1. The minimum Gasteiger partial charge on any atom is -0.444 e. The molecule has 0 saturated carbocycles. The van der Waals surface area contributed by atoms with Crippen LogP contribution >= 0.6 is 0 Å². The van der Waals surface area contributed by atoms with Gasteiger partial charge < -0.3 is 15.0 Å². The first kappa shape index (κ1) is 18.4. The van der Waals surface area contributed by atoms with Gasteiger partial charge in [-0.05, 0) is 32.9 Å². The van der Waals surface area contributed by atoms with Gasteiger partial charge in [-0.25, -0.2) is 14.8 Å². The van der Waals surface area contributed by atoms with Crippen molar-refractivity contribution >= 4 is 17.1 Å². The maximum atomic E-state index is 12.8. The first-order valence-corrected chi connectivity index (χ1v) is 9.38. The van der Waals surface area contributed by atoms with Crippen LogP contribution in [0.15, 0.2) is 36.9 Å². The number of amides is 1. The molecule has 28 heavy (non-hydrogen) atoms. The van der Waals surface area contributed by atoms with Crippen molar-refractivity contribution in [3.05, 3.63) is 42.6 Å². The second-order valence-corrected chi connectivity index (χ2v) is 7.79. The van der Waals surface area contributed by atoms with E-state index in [2.05, 4.69) is 25.3 Å². The summed E-state index contributed by atoms with van der Waals surface area (Å²) in [7, 11) is 0. The Bertz CT molecular complexity index is 979. The third kappa shape index (κ3) is 3.55. The van der Waals surface area contributed by atoms with E-state index in [0.29, 0.717) is 19.6 Å². The minimum atomic E-state index is -0.555. The monoisotopic (exact) mass is 380 g/mol. The average Bonchev–Trinajstić information content (AvgIpc) is 3.12. The zero-order chi connectivity index (χ0) is 19.7. The van der Waals surface area contributed by atoms with Gasteiger partial charge >= 0.3 is 6.09 Å². The number of aromatic amines is 1. The number of hydrogen-bond donors (Lipinski definition) is 2. The second-order valence-electron chi connectivity index (χ2n) is 7.79. The van der Waals surface area contributed by atoms with Crippen LogP contribution in [0.4, 0.5) is 4.79 Å². The van der Waals surface area contributed by atoms with Gasteiger partial charge in [-0.15, -0.1) is 0 Å². The van der Waals surface area contributed by atoms with E-state index in [-0.39, 0.29) is 12.1 Å². The number of piperazine rings is 1. The molecule has 1 atom stereocenters. The molecule has 1 aliphatic rings. The van der Waals surface area contributed by atoms with Crippen molar-refractivity contribution < 1.29 is 9.53 Å². The molecule has 0 bridgehead atoms. The van der Waals surface area contributed by atoms with E-state index in [1.165, 1.54) is 6.33 Å². The Morgan fingerprint density at radius 1 is 1.25 bits per heavy atom. The van der Waals surface area contributed by atoms with E-state index < -0.39 is 5.60 Å². The van der Waals surface area contributed by atoms with Crippen LogP contribution in [0.2, 0.25) is 0 Å². The van der Waals surface area contributed by atoms with Crippen molar-refractivity contribution in [3.63, 3.8) is 0 Å². The van der Waals surface area contributed by atoms with Crippen LogP contribution in [-0.4, -0.2) is 56.2 Å². The molecule has 0 spiro atoms. The largest absolute Gasteiger partial charge is 0.444 e. The lowest BCUT2D eigenvalue weighted by atomic mass is 10.0. The number of rotatable bonds is 2. The molecule has 1 fully saturated rings. The topological polar surface area (TPSA) is 96.0 Å². The molecule has 146 valence electrons. The fraction of sp³-hybridized carbons (Fsp3) is 0.400. The van der Waals surface area contributed by atoms with Gasteiger partial charge in [0.1, 0.15) is 17.6 Å². The molecular formula is C20H24N6O2. The Hall–Kier alpha value is -3.00. The predicted octanol–water partition coefficient (Wildman–Crippen LogP) is 2.90. The lowest BCUT2D eigenvalue weighted by Crippen LogP contribution is -2.50. The highest BCUT2D eigenvalue weighted by Crippen LogP contribution is 2.33. The molecule has 3 aromatic rings. The molecule has 1 unspecified atom stereocenters. The maximum absolute atomic E-state index is 12.8. The summed E-state index contributed by atoms with van der Waals surface area (Å²) in [5.41, 5.74) is 2.70. The first-order valence-electron chi connectivity index (χ1n) is 9.38. The molecule has 1 saturated heterocycles. The molecule has 1 aliphatic heterocycles. The van der Waals surface area contributed by atoms with Crippen LogP contribution in [0.3, 0.4) is 0 Å². The Labute approximate surface area is 163 Å². The van der Waals surface area contributed by atoms with E-state index in [1.54, 1.807) is 11.1 Å². The summed E-state index contributed by atoms with van der Waals surface area (Å²) in [6, 6.07) is 5.52. The highest BCUT2D eigenvalue weighted by Gasteiger charge is 2.34. The summed E-state index contributed by atoms with van der Waals surface area (Å²) in [4.78, 5) is 31.2. The molecule has 8 heteroatoms. The molecule has 0 aromatic carbocycles. The van der Waals surface area contributed by atoms with Gasteiger partial charge in [-0.2, -0.15) is 0 Å². The van der Waals surface area contributed by atoms with E-state index in [4.69, 9.17) is 4.74 Å². The number of aromatic nitrogens is 4. The van der Waals surface area contributed by atoms with Crippen LogP contribution in [0.1, 0.15) is 32.5 Å². The normalized spacial score (nSPS) is 17.7. The number of nitrogens with zero attached hydrogens (tertiary/aromatic N) is 4. The van der Waals surface area contributed by atoms with Gasteiger partial charge in [0.15, 0.2) is 0 Å². The number of H-pyrrole nitrogens is 1. The van der Waals surface area contributed by atoms with Crippen LogP contribution in [-0.2, 0) is 4.74 Å². The zero-order valence-electron chi connectivity index (χ0n) is 16.3. The Morgan fingerprint density at radius 2 is 2.11 bits per heavy atom. The van der Waals surface area contributed by atoms with Gasteiger partial charge in [-0.3, -0.25) is 9.88 Å². The van der Waals surface area contributed by atoms with Crippen molar-refractivity contribution in [2.45, 2.75) is 32.4 Å². The van der Waals surface area contributed by atoms with Crippen LogP contribution < -0.4 is 5.32 Å². The Balaban J connectivity index is 1.79. The smallest absolute Gasteiger partial charge is 0.410 e. The van der Waals surface area contributed by atoms with Crippen molar-refractivity contribution in [2.75, 3.05) is 19.6 Å². The van der Waals surface area contributed by atoms with Crippen molar-refractivity contribution in [2.24, 2.45) is 0 Å². The van der Waals surface area contributed by atoms with E-state index >= 15 is 0 Å². The van der Waals surface area contributed by atoms with Crippen molar-refractivity contribution in [3.8, 4) is 11.3 Å². The average molecular weight is 380 g/mol.